The van der Waals surface area contributed by atoms with Gasteiger partial charge in [-0.2, -0.15) is 9.65 Å². The minimum Gasteiger partial charge on any atom is -0.207 e. The standard InChI is InChI=1S/C21H27F2N/c22-20-14-12-18(13-15-20)5-2-1-4-17-8-10-19(11-9-17)6-3-7-21(23)16-24/h7,12-15,17,19H,1-6,8-11H2/b21-7-/t17-,19-. The molecule has 0 heterocycles. The van der Waals surface area contributed by atoms with Crippen LogP contribution in [-0.4, -0.2) is 0 Å². The Labute approximate surface area is 144 Å². The van der Waals surface area contributed by atoms with Crippen LogP contribution in [0, 0.1) is 29.0 Å². The van der Waals surface area contributed by atoms with Gasteiger partial charge in [-0.25, -0.2) is 4.39 Å². The second-order valence-corrected chi connectivity index (χ2v) is 7.00. The smallest absolute Gasteiger partial charge is 0.196 e. The lowest BCUT2D eigenvalue weighted by Crippen LogP contribution is -2.14. The van der Waals surface area contributed by atoms with Crippen LogP contribution in [0.15, 0.2) is 36.2 Å². The third-order valence-electron chi connectivity index (χ3n) is 5.21. The molecule has 0 amide bonds. The van der Waals surface area contributed by atoms with E-state index in [1.54, 1.807) is 0 Å². The van der Waals surface area contributed by atoms with Gasteiger partial charge in [0.15, 0.2) is 5.83 Å². The Kier molecular flexibility index (Phi) is 7.95. The number of benzene rings is 1. The quantitative estimate of drug-likeness (QED) is 0.394. The molecule has 0 aromatic heterocycles. The summed E-state index contributed by atoms with van der Waals surface area (Å²) >= 11 is 0. The Hall–Kier alpha value is -1.69. The van der Waals surface area contributed by atoms with E-state index in [0.717, 1.165) is 18.8 Å². The van der Waals surface area contributed by atoms with Crippen molar-refractivity contribution in [2.75, 3.05) is 0 Å². The van der Waals surface area contributed by atoms with Gasteiger partial charge in [0.2, 0.25) is 0 Å². The third-order valence-corrected chi connectivity index (χ3v) is 5.21. The number of rotatable bonds is 8. The molecule has 0 radical (unpaired) electrons. The Morgan fingerprint density at radius 2 is 1.67 bits per heavy atom. The normalized spacial score (nSPS) is 21.5. The number of unbranched alkanes of at least 4 members (excludes halogenated alkanes) is 1. The number of aryl methyl sites for hydroxylation is 1. The summed E-state index contributed by atoms with van der Waals surface area (Å²) in [4.78, 5) is 0. The highest BCUT2D eigenvalue weighted by Crippen LogP contribution is 2.34. The van der Waals surface area contributed by atoms with Crippen LogP contribution >= 0.6 is 0 Å². The Balaban J connectivity index is 1.55. The summed E-state index contributed by atoms with van der Waals surface area (Å²) < 4.78 is 25.6. The minimum absolute atomic E-state index is 0.165. The van der Waals surface area contributed by atoms with Crippen LogP contribution in [0.2, 0.25) is 0 Å². The highest BCUT2D eigenvalue weighted by Gasteiger charge is 2.20. The van der Waals surface area contributed by atoms with E-state index >= 15 is 0 Å². The molecule has 0 atom stereocenters. The molecule has 0 saturated heterocycles. The van der Waals surface area contributed by atoms with E-state index in [1.807, 2.05) is 12.1 Å². The van der Waals surface area contributed by atoms with E-state index in [2.05, 4.69) is 0 Å². The van der Waals surface area contributed by atoms with Crippen LogP contribution < -0.4 is 0 Å². The number of nitriles is 1. The van der Waals surface area contributed by atoms with Crippen molar-refractivity contribution in [3.63, 3.8) is 0 Å². The lowest BCUT2D eigenvalue weighted by atomic mass is 9.78. The fraction of sp³-hybridized carbons (Fsp3) is 0.571. The summed E-state index contributed by atoms with van der Waals surface area (Å²) in [6.45, 7) is 0. The molecule has 1 nitrogen and oxygen atoms in total. The fourth-order valence-electron chi connectivity index (χ4n) is 3.71. The molecular weight excluding hydrogens is 304 g/mol. The van der Waals surface area contributed by atoms with Gasteiger partial charge in [0.1, 0.15) is 11.9 Å². The zero-order valence-corrected chi connectivity index (χ0v) is 14.3. The average molecular weight is 331 g/mol. The monoisotopic (exact) mass is 331 g/mol. The van der Waals surface area contributed by atoms with E-state index < -0.39 is 5.83 Å². The molecule has 0 aliphatic heterocycles. The van der Waals surface area contributed by atoms with Gasteiger partial charge in [-0.15, -0.1) is 0 Å². The average Bonchev–Trinajstić information content (AvgIpc) is 2.61. The number of hydrogen-bond donors (Lipinski definition) is 0. The van der Waals surface area contributed by atoms with Gasteiger partial charge < -0.3 is 0 Å². The zero-order valence-electron chi connectivity index (χ0n) is 14.3. The molecular formula is C21H27F2N. The number of allylic oxidation sites excluding steroid dienone is 2. The number of nitrogens with zero attached hydrogens (tertiary/aromatic N) is 1. The topological polar surface area (TPSA) is 23.8 Å². The van der Waals surface area contributed by atoms with Crippen molar-refractivity contribution in [1.82, 2.24) is 0 Å². The number of halogens is 2. The van der Waals surface area contributed by atoms with Gasteiger partial charge in [-0.05, 0) is 61.3 Å². The van der Waals surface area contributed by atoms with Crippen LogP contribution in [0.3, 0.4) is 0 Å². The number of hydrogen-bond acceptors (Lipinski definition) is 1. The van der Waals surface area contributed by atoms with Crippen molar-refractivity contribution < 1.29 is 8.78 Å². The highest BCUT2D eigenvalue weighted by atomic mass is 19.1. The van der Waals surface area contributed by atoms with E-state index in [0.29, 0.717) is 12.3 Å². The molecule has 0 N–H and O–H groups in total. The molecule has 0 unspecified atom stereocenters. The van der Waals surface area contributed by atoms with Gasteiger partial charge >= 0.3 is 0 Å². The van der Waals surface area contributed by atoms with E-state index in [-0.39, 0.29) is 5.82 Å². The first kappa shape index (κ1) is 18.6. The molecule has 130 valence electrons. The molecule has 1 aliphatic carbocycles. The predicted octanol–water partition coefficient (Wildman–Crippen LogP) is 6.50. The summed E-state index contributed by atoms with van der Waals surface area (Å²) in [6, 6.07) is 8.36. The van der Waals surface area contributed by atoms with E-state index in [1.165, 1.54) is 74.8 Å². The van der Waals surface area contributed by atoms with E-state index in [9.17, 15) is 8.78 Å². The summed E-state index contributed by atoms with van der Waals surface area (Å²) in [7, 11) is 0. The summed E-state index contributed by atoms with van der Waals surface area (Å²) in [5.74, 6) is 0.718. The van der Waals surface area contributed by atoms with Gasteiger partial charge in [0, 0.05) is 0 Å². The Bertz CT molecular complexity index is 548. The van der Waals surface area contributed by atoms with Crippen LogP contribution in [0.4, 0.5) is 8.78 Å². The molecule has 3 heteroatoms. The van der Waals surface area contributed by atoms with Gasteiger partial charge in [0.25, 0.3) is 0 Å². The summed E-state index contributed by atoms with van der Waals surface area (Å²) in [5, 5.41) is 8.38. The van der Waals surface area contributed by atoms with Gasteiger partial charge in [-0.3, -0.25) is 0 Å². The Morgan fingerprint density at radius 1 is 1.04 bits per heavy atom. The molecule has 2 rings (SSSR count). The first-order chi connectivity index (χ1) is 11.7. The van der Waals surface area contributed by atoms with Crippen LogP contribution in [-0.2, 0) is 6.42 Å². The maximum absolute atomic E-state index is 12.8. The van der Waals surface area contributed by atoms with Crippen molar-refractivity contribution in [3.8, 4) is 6.07 Å². The van der Waals surface area contributed by atoms with Crippen LogP contribution in [0.25, 0.3) is 0 Å². The maximum Gasteiger partial charge on any atom is 0.196 e. The van der Waals surface area contributed by atoms with Crippen molar-refractivity contribution in [3.05, 3.63) is 47.5 Å². The van der Waals surface area contributed by atoms with Crippen LogP contribution in [0.5, 0.6) is 0 Å². The van der Waals surface area contributed by atoms with E-state index in [4.69, 9.17) is 5.26 Å². The molecule has 1 fully saturated rings. The zero-order chi connectivity index (χ0) is 17.2. The van der Waals surface area contributed by atoms with Gasteiger partial charge in [-0.1, -0.05) is 50.7 Å². The molecule has 1 saturated carbocycles. The minimum atomic E-state index is -0.648. The van der Waals surface area contributed by atoms with Crippen molar-refractivity contribution >= 4 is 0 Å². The maximum atomic E-state index is 12.8. The molecule has 1 aromatic carbocycles. The summed E-state index contributed by atoms with van der Waals surface area (Å²) in [5.41, 5.74) is 1.22. The lowest BCUT2D eigenvalue weighted by molar-refractivity contribution is 0.250. The second kappa shape index (κ2) is 10.2. The summed E-state index contributed by atoms with van der Waals surface area (Å²) in [6.07, 6.45) is 12.9. The molecule has 24 heavy (non-hydrogen) atoms. The molecule has 1 aromatic rings. The fourth-order valence-corrected chi connectivity index (χ4v) is 3.71. The lowest BCUT2D eigenvalue weighted by Gasteiger charge is -2.28. The van der Waals surface area contributed by atoms with Crippen molar-refractivity contribution in [2.24, 2.45) is 11.8 Å². The van der Waals surface area contributed by atoms with Gasteiger partial charge in [0.05, 0.1) is 0 Å². The predicted molar refractivity (Wildman–Crippen MR) is 93.4 cm³/mol. The van der Waals surface area contributed by atoms with Crippen molar-refractivity contribution in [1.29, 1.82) is 5.26 Å². The highest BCUT2D eigenvalue weighted by molar-refractivity contribution is 5.16. The van der Waals surface area contributed by atoms with Crippen LogP contribution in [0.1, 0.15) is 63.4 Å². The van der Waals surface area contributed by atoms with Crippen molar-refractivity contribution in [2.45, 2.75) is 64.2 Å². The SMILES string of the molecule is N#C/C(F)=C/CC[C@H]1CC[C@H](CCCCc2ccc(F)cc2)CC1. The first-order valence-corrected chi connectivity index (χ1v) is 9.17. The second-order valence-electron chi connectivity index (χ2n) is 7.00. The molecule has 0 spiro atoms. The molecule has 0 bridgehead atoms. The third kappa shape index (κ3) is 6.83. The first-order valence-electron chi connectivity index (χ1n) is 9.17. The Morgan fingerprint density at radius 3 is 2.29 bits per heavy atom. The molecule has 1 aliphatic rings. The largest absolute Gasteiger partial charge is 0.207 e.